The van der Waals surface area contributed by atoms with Crippen LogP contribution in [0.4, 0.5) is 5.95 Å². The largest absolute Gasteiger partial charge is 0.472 e. The molecule has 0 atom stereocenters. The molecule has 1 aromatic carbocycles. The zero-order valence-electron chi connectivity index (χ0n) is 11.3. The maximum atomic E-state index is 5.87. The number of nitrogens with two attached hydrogens (primary N) is 1. The number of hydrogen-bond acceptors (Lipinski definition) is 6. The number of nitrogen functional groups attached to an aromatic ring is 1. The topological polar surface area (TPSA) is 73.1 Å². The van der Waals surface area contributed by atoms with E-state index >= 15 is 0 Å². The second-order valence-electron chi connectivity index (χ2n) is 4.49. The summed E-state index contributed by atoms with van der Waals surface area (Å²) in [7, 11) is 0. The van der Waals surface area contributed by atoms with Crippen LogP contribution < -0.4 is 16.0 Å². The molecule has 0 fully saturated rings. The predicted octanol–water partition coefficient (Wildman–Crippen LogP) is 3.52. The van der Waals surface area contributed by atoms with Crippen LogP contribution in [0.15, 0.2) is 30.3 Å². The third-order valence-corrected chi connectivity index (χ3v) is 4.10. The number of halogens is 1. The second-order valence-corrected chi connectivity index (χ2v) is 6.16. The van der Waals surface area contributed by atoms with Gasteiger partial charge in [0.15, 0.2) is 0 Å². The Balaban J connectivity index is 1.90. The summed E-state index contributed by atoms with van der Waals surface area (Å²) in [5.74, 6) is 6.26. The van der Waals surface area contributed by atoms with E-state index in [1.165, 1.54) is 0 Å². The van der Waals surface area contributed by atoms with E-state index in [9.17, 15) is 0 Å². The van der Waals surface area contributed by atoms with Crippen molar-refractivity contribution >= 4 is 39.1 Å². The Morgan fingerprint density at radius 3 is 2.76 bits per heavy atom. The molecule has 7 heteroatoms. The molecule has 0 radical (unpaired) electrons. The lowest BCUT2D eigenvalue weighted by Crippen LogP contribution is -2.11. The Bertz CT molecular complexity index is 772. The first-order chi connectivity index (χ1) is 10.2. The number of aromatic nitrogens is 2. The van der Waals surface area contributed by atoms with Crippen LogP contribution in [0.25, 0.3) is 10.2 Å². The van der Waals surface area contributed by atoms with Crippen molar-refractivity contribution in [2.45, 2.75) is 13.5 Å². The zero-order valence-corrected chi connectivity index (χ0v) is 12.8. The molecule has 0 saturated carbocycles. The number of nitrogens with zero attached hydrogens (tertiary/aromatic N) is 2. The van der Waals surface area contributed by atoms with Crippen molar-refractivity contribution in [2.75, 3.05) is 5.43 Å². The Morgan fingerprint density at radius 2 is 2.05 bits per heavy atom. The molecule has 2 heterocycles. The Hall–Kier alpha value is -1.89. The van der Waals surface area contributed by atoms with Gasteiger partial charge in [0.2, 0.25) is 11.8 Å². The third-order valence-electron chi connectivity index (χ3n) is 2.90. The molecular weight excluding hydrogens is 308 g/mol. The van der Waals surface area contributed by atoms with Crippen molar-refractivity contribution in [1.29, 1.82) is 0 Å². The lowest BCUT2D eigenvalue weighted by Gasteiger charge is -2.08. The number of hydrazine groups is 1. The molecule has 0 aliphatic carbocycles. The molecule has 0 amide bonds. The molecule has 0 aliphatic rings. The van der Waals surface area contributed by atoms with Crippen molar-refractivity contribution < 1.29 is 4.74 Å². The van der Waals surface area contributed by atoms with E-state index in [4.69, 9.17) is 22.2 Å². The molecule has 108 valence electrons. The highest BCUT2D eigenvalue weighted by Crippen LogP contribution is 2.31. The normalized spacial score (nSPS) is 10.8. The third kappa shape index (κ3) is 3.07. The van der Waals surface area contributed by atoms with Gasteiger partial charge in [0.25, 0.3) is 0 Å². The molecule has 0 aliphatic heterocycles. The summed E-state index contributed by atoms with van der Waals surface area (Å²) in [5.41, 5.74) is 3.48. The van der Waals surface area contributed by atoms with Crippen molar-refractivity contribution in [3.63, 3.8) is 0 Å². The smallest absolute Gasteiger partial charge is 0.241 e. The van der Waals surface area contributed by atoms with Crippen LogP contribution in [0.3, 0.4) is 0 Å². The number of thiophene rings is 1. The molecule has 3 N–H and O–H groups in total. The molecule has 0 saturated heterocycles. The van der Waals surface area contributed by atoms with Crippen molar-refractivity contribution in [3.05, 3.63) is 45.8 Å². The lowest BCUT2D eigenvalue weighted by atomic mass is 10.2. The summed E-state index contributed by atoms with van der Waals surface area (Å²) in [6, 6.07) is 9.51. The molecular formula is C14H13ClN4OS. The zero-order chi connectivity index (χ0) is 14.8. The van der Waals surface area contributed by atoms with Gasteiger partial charge in [-0.05, 0) is 30.7 Å². The molecule has 0 unspecified atom stereocenters. The van der Waals surface area contributed by atoms with Gasteiger partial charge in [-0.3, -0.25) is 5.43 Å². The molecule has 21 heavy (non-hydrogen) atoms. The standard InChI is InChI=1S/C14H13ClN4OS/c1-8-6-11-12(17-14(19-16)18-13(11)21-8)20-7-9-2-4-10(15)5-3-9/h2-6H,7,16H2,1H3,(H,17,18,19). The van der Waals surface area contributed by atoms with Crippen LogP contribution in [0, 0.1) is 6.92 Å². The minimum atomic E-state index is 0.343. The maximum absolute atomic E-state index is 5.87. The van der Waals surface area contributed by atoms with Gasteiger partial charge in [0, 0.05) is 9.90 Å². The number of benzene rings is 1. The van der Waals surface area contributed by atoms with Crippen LogP contribution in [0.1, 0.15) is 10.4 Å². The monoisotopic (exact) mass is 320 g/mol. The second kappa shape index (κ2) is 5.85. The number of nitrogens with one attached hydrogen (secondary N) is 1. The summed E-state index contributed by atoms with van der Waals surface area (Å²) in [6.45, 7) is 2.42. The number of ether oxygens (including phenoxy) is 1. The van der Waals surface area contributed by atoms with Crippen LogP contribution in [-0.2, 0) is 6.61 Å². The van der Waals surface area contributed by atoms with E-state index in [1.54, 1.807) is 11.3 Å². The predicted molar refractivity (Wildman–Crippen MR) is 85.7 cm³/mol. The minimum absolute atomic E-state index is 0.343. The molecule has 3 aromatic rings. The van der Waals surface area contributed by atoms with Crippen molar-refractivity contribution in [1.82, 2.24) is 9.97 Å². The number of rotatable bonds is 4. The van der Waals surface area contributed by atoms with E-state index in [0.717, 1.165) is 20.7 Å². The van der Waals surface area contributed by atoms with Gasteiger partial charge in [0.05, 0.1) is 5.39 Å². The van der Waals surface area contributed by atoms with Gasteiger partial charge in [-0.25, -0.2) is 10.8 Å². The summed E-state index contributed by atoms with van der Waals surface area (Å²) in [6.07, 6.45) is 0. The molecule has 5 nitrogen and oxygen atoms in total. The fraction of sp³-hybridized carbons (Fsp3) is 0.143. The SMILES string of the molecule is Cc1cc2c(OCc3ccc(Cl)cc3)nc(NN)nc2s1. The lowest BCUT2D eigenvalue weighted by molar-refractivity contribution is 0.298. The summed E-state index contributed by atoms with van der Waals surface area (Å²) in [4.78, 5) is 10.6. The van der Waals surface area contributed by atoms with Gasteiger partial charge < -0.3 is 4.74 Å². The first-order valence-corrected chi connectivity index (χ1v) is 7.47. The Morgan fingerprint density at radius 1 is 1.29 bits per heavy atom. The fourth-order valence-electron chi connectivity index (χ4n) is 1.92. The minimum Gasteiger partial charge on any atom is -0.472 e. The highest BCUT2D eigenvalue weighted by atomic mass is 35.5. The Kier molecular flexibility index (Phi) is 3.92. The molecule has 3 rings (SSSR count). The van der Waals surface area contributed by atoms with Crippen LogP contribution >= 0.6 is 22.9 Å². The van der Waals surface area contributed by atoms with Crippen molar-refractivity contribution in [3.8, 4) is 5.88 Å². The van der Waals surface area contributed by atoms with Gasteiger partial charge in [-0.15, -0.1) is 11.3 Å². The molecule has 2 aromatic heterocycles. The van der Waals surface area contributed by atoms with E-state index in [1.807, 2.05) is 37.3 Å². The maximum Gasteiger partial charge on any atom is 0.241 e. The molecule has 0 spiro atoms. The first kappa shape index (κ1) is 14.1. The van der Waals surface area contributed by atoms with E-state index in [-0.39, 0.29) is 0 Å². The van der Waals surface area contributed by atoms with Gasteiger partial charge in [-0.1, -0.05) is 23.7 Å². The van der Waals surface area contributed by atoms with E-state index in [0.29, 0.717) is 23.5 Å². The highest BCUT2D eigenvalue weighted by molar-refractivity contribution is 7.18. The first-order valence-electron chi connectivity index (χ1n) is 6.28. The van der Waals surface area contributed by atoms with E-state index < -0.39 is 0 Å². The average Bonchev–Trinajstić information content (AvgIpc) is 2.86. The van der Waals surface area contributed by atoms with Gasteiger partial charge >= 0.3 is 0 Å². The summed E-state index contributed by atoms with van der Waals surface area (Å²) < 4.78 is 5.82. The van der Waals surface area contributed by atoms with Crippen LogP contribution in [-0.4, -0.2) is 9.97 Å². The fourth-order valence-corrected chi connectivity index (χ4v) is 2.92. The van der Waals surface area contributed by atoms with Crippen molar-refractivity contribution in [2.24, 2.45) is 5.84 Å². The number of hydrogen-bond donors (Lipinski definition) is 2. The Labute approximate surface area is 130 Å². The van der Waals surface area contributed by atoms with Crippen LogP contribution in [0.5, 0.6) is 5.88 Å². The summed E-state index contributed by atoms with van der Waals surface area (Å²) >= 11 is 7.44. The summed E-state index contributed by atoms with van der Waals surface area (Å²) in [5, 5.41) is 1.59. The number of aryl methyl sites for hydroxylation is 1. The number of fused-ring (bicyclic) bond motifs is 1. The highest BCUT2D eigenvalue weighted by Gasteiger charge is 2.11. The molecule has 0 bridgehead atoms. The van der Waals surface area contributed by atoms with Gasteiger partial charge in [-0.2, -0.15) is 4.98 Å². The average molecular weight is 321 g/mol. The van der Waals surface area contributed by atoms with E-state index in [2.05, 4.69) is 15.4 Å². The van der Waals surface area contributed by atoms with Gasteiger partial charge in [0.1, 0.15) is 11.4 Å². The quantitative estimate of drug-likeness (QED) is 0.568. The van der Waals surface area contributed by atoms with Crippen LogP contribution in [0.2, 0.25) is 5.02 Å². The number of anilines is 1.